The summed E-state index contributed by atoms with van der Waals surface area (Å²) in [6.07, 6.45) is 1.48. The van der Waals surface area contributed by atoms with E-state index in [1.807, 2.05) is 13.8 Å². The number of nitrogens with zero attached hydrogens (tertiary/aromatic N) is 1. The Kier molecular flexibility index (Phi) is 7.43. The first-order valence-electron chi connectivity index (χ1n) is 12.3. The summed E-state index contributed by atoms with van der Waals surface area (Å²) in [5.41, 5.74) is -1.41. The number of benzene rings is 2. The summed E-state index contributed by atoms with van der Waals surface area (Å²) in [7, 11) is -8.14. The predicted octanol–water partition coefficient (Wildman–Crippen LogP) is 3.24. The molecule has 2 aromatic rings. The van der Waals surface area contributed by atoms with Crippen LogP contribution in [0.3, 0.4) is 0 Å². The number of hydrogen-bond donors (Lipinski definition) is 2. The van der Waals surface area contributed by atoms with Gasteiger partial charge in [0.05, 0.1) is 11.9 Å². The van der Waals surface area contributed by atoms with Gasteiger partial charge in [0.1, 0.15) is 16.6 Å². The smallest absolute Gasteiger partial charge is 0.306 e. The zero-order valence-electron chi connectivity index (χ0n) is 21.8. The van der Waals surface area contributed by atoms with Gasteiger partial charge in [0.2, 0.25) is 10.0 Å². The Labute approximate surface area is 227 Å². The molecule has 1 aliphatic carbocycles. The largest absolute Gasteiger partial charge is 0.446 e. The molecule has 2 aromatic carbocycles. The predicted molar refractivity (Wildman–Crippen MR) is 145 cm³/mol. The van der Waals surface area contributed by atoms with E-state index in [-0.39, 0.29) is 46.2 Å². The number of ketones is 2. The van der Waals surface area contributed by atoms with Crippen LogP contribution >= 0.6 is 0 Å². The lowest BCUT2D eigenvalue weighted by atomic mass is 9.69. The van der Waals surface area contributed by atoms with Crippen molar-refractivity contribution < 1.29 is 36.0 Å². The monoisotopic (exact) mass is 575 g/mol. The molecule has 13 heteroatoms. The molecule has 0 amide bonds. The fraction of sp³-hybridized carbons (Fsp3) is 0.385. The molecular formula is C26H29N3O8S2. The first kappa shape index (κ1) is 28.4. The van der Waals surface area contributed by atoms with Crippen LogP contribution in [0.4, 0.5) is 11.4 Å². The molecule has 2 aliphatic rings. The van der Waals surface area contributed by atoms with Crippen LogP contribution in [0.2, 0.25) is 0 Å². The summed E-state index contributed by atoms with van der Waals surface area (Å²) >= 11 is 0. The van der Waals surface area contributed by atoms with Crippen molar-refractivity contribution in [2.75, 3.05) is 16.3 Å². The van der Waals surface area contributed by atoms with E-state index in [1.54, 1.807) is 25.1 Å². The van der Waals surface area contributed by atoms with Gasteiger partial charge in [0.15, 0.2) is 17.2 Å². The van der Waals surface area contributed by atoms with Crippen LogP contribution < -0.4 is 10.0 Å². The van der Waals surface area contributed by atoms with Crippen LogP contribution in [0, 0.1) is 11.8 Å². The Morgan fingerprint density at radius 1 is 1.18 bits per heavy atom. The maximum atomic E-state index is 14.2. The number of rotatable bonds is 8. The summed E-state index contributed by atoms with van der Waals surface area (Å²) in [5.74, 6) is -4.08. The quantitative estimate of drug-likeness (QED) is 0.355. The molecule has 0 spiro atoms. The van der Waals surface area contributed by atoms with Crippen molar-refractivity contribution in [3.8, 4) is 0 Å². The van der Waals surface area contributed by atoms with Crippen LogP contribution in [0.1, 0.15) is 56.0 Å². The van der Waals surface area contributed by atoms with E-state index in [4.69, 9.17) is 4.74 Å². The van der Waals surface area contributed by atoms with Crippen LogP contribution in [0.25, 0.3) is 0 Å². The standard InChI is InChI=1S/C26H29N3O8S2/c1-5-21(30)37-26(13-12-15(2)3)18-9-7-6-8-17(18)23(31)22(24(26)32)25-27-19-11-10-16(28-38(4,33)34)14-20(19)39(35,36)29-25/h6-11,14-15,22,28H,5,12-13H2,1-4H3,(H,27,29). The summed E-state index contributed by atoms with van der Waals surface area (Å²) in [5, 5.41) is 2.79. The van der Waals surface area contributed by atoms with Gasteiger partial charge in [-0.25, -0.2) is 8.42 Å². The van der Waals surface area contributed by atoms with E-state index in [1.165, 1.54) is 18.2 Å². The Balaban J connectivity index is 1.86. The lowest BCUT2D eigenvalue weighted by molar-refractivity contribution is -0.171. The molecule has 1 aliphatic heterocycles. The van der Waals surface area contributed by atoms with Crippen LogP contribution in [0.5, 0.6) is 0 Å². The number of carbonyl (C=O) groups excluding carboxylic acids is 3. The van der Waals surface area contributed by atoms with Gasteiger partial charge < -0.3 is 10.1 Å². The number of esters is 1. The highest BCUT2D eigenvalue weighted by Crippen LogP contribution is 2.44. The number of sulfonamides is 2. The highest BCUT2D eigenvalue weighted by atomic mass is 32.2. The maximum Gasteiger partial charge on any atom is 0.306 e. The molecule has 2 atom stereocenters. The lowest BCUT2D eigenvalue weighted by Gasteiger charge is -2.40. The van der Waals surface area contributed by atoms with Gasteiger partial charge in [-0.3, -0.25) is 19.1 Å². The summed E-state index contributed by atoms with van der Waals surface area (Å²) in [6.45, 7) is 5.48. The zero-order chi connectivity index (χ0) is 28.8. The van der Waals surface area contributed by atoms with Crippen LogP contribution in [-0.2, 0) is 40.0 Å². The lowest BCUT2D eigenvalue weighted by Crippen LogP contribution is -2.54. The molecule has 11 nitrogen and oxygen atoms in total. The molecule has 208 valence electrons. The average molecular weight is 576 g/mol. The van der Waals surface area contributed by atoms with Gasteiger partial charge in [0.25, 0.3) is 10.0 Å². The normalized spacial score (nSPS) is 21.9. The number of hydrogen-bond acceptors (Lipinski definition) is 9. The molecule has 2 unspecified atom stereocenters. The molecule has 4 rings (SSSR count). The van der Waals surface area contributed by atoms with E-state index in [9.17, 15) is 31.2 Å². The second-order valence-electron chi connectivity index (χ2n) is 9.96. The Morgan fingerprint density at radius 2 is 1.87 bits per heavy atom. The summed E-state index contributed by atoms with van der Waals surface area (Å²) in [4.78, 5) is 40.2. The molecule has 2 N–H and O–H groups in total. The fourth-order valence-corrected chi connectivity index (χ4v) is 6.43. The van der Waals surface area contributed by atoms with Gasteiger partial charge in [-0.05, 0) is 37.0 Å². The molecule has 0 radical (unpaired) electrons. The molecule has 0 aromatic heterocycles. The van der Waals surface area contributed by atoms with Gasteiger partial charge in [0, 0.05) is 23.2 Å². The van der Waals surface area contributed by atoms with E-state index < -0.39 is 54.9 Å². The number of fused-ring (bicyclic) bond motifs is 2. The number of Topliss-reactive ketones (excluding diaryl/α,β-unsaturated/α-hetero) is 2. The van der Waals surface area contributed by atoms with Crippen molar-refractivity contribution in [2.45, 2.75) is 50.5 Å². The molecular weight excluding hydrogens is 546 g/mol. The average Bonchev–Trinajstić information content (AvgIpc) is 2.85. The Morgan fingerprint density at radius 3 is 2.51 bits per heavy atom. The molecule has 0 saturated carbocycles. The highest BCUT2D eigenvalue weighted by molar-refractivity contribution is 7.92. The van der Waals surface area contributed by atoms with Gasteiger partial charge in [-0.2, -0.15) is 8.42 Å². The number of amidine groups is 1. The number of carbonyl (C=O) groups is 3. The van der Waals surface area contributed by atoms with Crippen molar-refractivity contribution in [3.63, 3.8) is 0 Å². The van der Waals surface area contributed by atoms with Crippen molar-refractivity contribution in [3.05, 3.63) is 53.6 Å². The van der Waals surface area contributed by atoms with Gasteiger partial charge in [-0.1, -0.05) is 45.0 Å². The molecule has 0 bridgehead atoms. The Hall–Kier alpha value is -3.58. The minimum atomic E-state index is -4.46. The van der Waals surface area contributed by atoms with Crippen molar-refractivity contribution >= 4 is 54.8 Å². The third-order valence-corrected chi connectivity index (χ3v) is 8.46. The van der Waals surface area contributed by atoms with Crippen LogP contribution in [0.15, 0.2) is 51.8 Å². The Bertz CT molecular complexity index is 1610. The van der Waals surface area contributed by atoms with Crippen molar-refractivity contribution in [1.29, 1.82) is 0 Å². The van der Waals surface area contributed by atoms with Crippen molar-refractivity contribution in [1.82, 2.24) is 0 Å². The third-order valence-electron chi connectivity index (χ3n) is 6.52. The third kappa shape index (κ3) is 5.46. The first-order chi connectivity index (χ1) is 18.2. The van der Waals surface area contributed by atoms with E-state index >= 15 is 0 Å². The molecule has 39 heavy (non-hydrogen) atoms. The molecule has 0 saturated heterocycles. The molecule has 0 fully saturated rings. The topological polar surface area (TPSA) is 165 Å². The van der Waals surface area contributed by atoms with E-state index in [0.29, 0.717) is 6.42 Å². The van der Waals surface area contributed by atoms with Crippen molar-refractivity contribution in [2.24, 2.45) is 16.2 Å². The maximum absolute atomic E-state index is 14.2. The fourth-order valence-electron chi connectivity index (χ4n) is 4.69. The highest BCUT2D eigenvalue weighted by Gasteiger charge is 2.56. The second kappa shape index (κ2) is 10.2. The summed E-state index contributed by atoms with van der Waals surface area (Å²) in [6, 6.07) is 10.1. The summed E-state index contributed by atoms with van der Waals surface area (Å²) < 4.78 is 61.4. The van der Waals surface area contributed by atoms with E-state index in [2.05, 4.69) is 14.4 Å². The minimum Gasteiger partial charge on any atom is -0.446 e. The van der Waals surface area contributed by atoms with E-state index in [0.717, 1.165) is 12.3 Å². The SMILES string of the molecule is CCC(=O)OC1(CCC(C)C)C(=O)C(C2=NS(=O)(=O)c3cc(NS(C)(=O)=O)ccc3N2)C(=O)c2ccccc21. The minimum absolute atomic E-state index is 0.00166. The molecule has 1 heterocycles. The zero-order valence-corrected chi connectivity index (χ0v) is 23.5. The van der Waals surface area contributed by atoms with Crippen LogP contribution in [-0.4, -0.2) is 46.5 Å². The number of anilines is 2. The number of nitrogens with one attached hydrogen (secondary N) is 2. The first-order valence-corrected chi connectivity index (χ1v) is 15.7. The second-order valence-corrected chi connectivity index (χ2v) is 13.3. The number of ether oxygens (including phenoxy) is 1. The van der Waals surface area contributed by atoms with Gasteiger partial charge in [-0.15, -0.1) is 4.40 Å². The van der Waals surface area contributed by atoms with Gasteiger partial charge >= 0.3 is 5.97 Å².